The van der Waals surface area contributed by atoms with Crippen LogP contribution in [0.25, 0.3) is 0 Å². The van der Waals surface area contributed by atoms with Crippen molar-refractivity contribution in [2.75, 3.05) is 0 Å². The van der Waals surface area contributed by atoms with Crippen molar-refractivity contribution in [2.24, 2.45) is 0 Å². The van der Waals surface area contributed by atoms with Crippen molar-refractivity contribution >= 4 is 11.9 Å². The zero-order chi connectivity index (χ0) is 13.8. The number of carboxylic acids is 2. The van der Waals surface area contributed by atoms with Crippen LogP contribution in [0.15, 0.2) is 11.6 Å². The summed E-state index contributed by atoms with van der Waals surface area (Å²) in [6.45, 7) is 2.07. The van der Waals surface area contributed by atoms with Gasteiger partial charge in [0.2, 0.25) is 0 Å². The van der Waals surface area contributed by atoms with E-state index < -0.39 is 11.9 Å². The molecule has 0 bridgehead atoms. The first kappa shape index (κ1) is 16.7. The van der Waals surface area contributed by atoms with Gasteiger partial charge in [-0.15, -0.1) is 0 Å². The van der Waals surface area contributed by atoms with Gasteiger partial charge in [0, 0.05) is 6.42 Å². The second-order valence-electron chi connectivity index (χ2n) is 4.53. The lowest BCUT2D eigenvalue weighted by Gasteiger charge is -2.05. The molecule has 4 heteroatoms. The van der Waals surface area contributed by atoms with Crippen molar-refractivity contribution in [3.05, 3.63) is 11.6 Å². The first-order valence-corrected chi connectivity index (χ1v) is 6.67. The molecular weight excluding hydrogens is 232 g/mol. The zero-order valence-corrected chi connectivity index (χ0v) is 11.2. The predicted molar refractivity (Wildman–Crippen MR) is 70.6 cm³/mol. The third kappa shape index (κ3) is 11.2. The van der Waals surface area contributed by atoms with Crippen molar-refractivity contribution < 1.29 is 19.8 Å². The summed E-state index contributed by atoms with van der Waals surface area (Å²) in [6, 6.07) is 0. The van der Waals surface area contributed by atoms with Crippen LogP contribution in [0.4, 0.5) is 0 Å². The number of hydrogen-bond donors (Lipinski definition) is 2. The van der Waals surface area contributed by atoms with Crippen LogP contribution >= 0.6 is 0 Å². The molecule has 0 aromatic heterocycles. The summed E-state index contributed by atoms with van der Waals surface area (Å²) in [5, 5.41) is 17.3. The Morgan fingerprint density at radius 1 is 0.944 bits per heavy atom. The fourth-order valence-corrected chi connectivity index (χ4v) is 1.79. The number of carboxylic acid groups (broad SMARTS) is 2. The van der Waals surface area contributed by atoms with Crippen LogP contribution in [0.5, 0.6) is 0 Å². The Bertz CT molecular complexity index is 282. The number of carbonyl (C=O) groups is 2. The highest BCUT2D eigenvalue weighted by Gasteiger charge is 2.04. The van der Waals surface area contributed by atoms with Gasteiger partial charge >= 0.3 is 11.9 Å². The number of rotatable bonds is 11. The fourth-order valence-electron chi connectivity index (χ4n) is 1.79. The molecule has 0 aromatic carbocycles. The van der Waals surface area contributed by atoms with Crippen molar-refractivity contribution in [2.45, 2.75) is 64.7 Å². The van der Waals surface area contributed by atoms with Gasteiger partial charge in [-0.1, -0.05) is 37.8 Å². The van der Waals surface area contributed by atoms with E-state index in [4.69, 9.17) is 10.2 Å². The Hall–Kier alpha value is -1.32. The van der Waals surface area contributed by atoms with Gasteiger partial charge in [0.1, 0.15) is 0 Å². The second kappa shape index (κ2) is 10.8. The Morgan fingerprint density at radius 3 is 2.06 bits per heavy atom. The fraction of sp³-hybridized carbons (Fsp3) is 0.714. The van der Waals surface area contributed by atoms with Crippen LogP contribution in [0.3, 0.4) is 0 Å². The Morgan fingerprint density at radius 2 is 1.56 bits per heavy atom. The maximum atomic E-state index is 10.7. The molecule has 0 unspecified atom stereocenters. The minimum absolute atomic E-state index is 0.134. The molecule has 0 aliphatic carbocycles. The Balaban J connectivity index is 3.75. The van der Waals surface area contributed by atoms with Crippen molar-refractivity contribution in [3.63, 3.8) is 0 Å². The standard InChI is InChI=1S/C14H24O4/c1-2-3-8-12(11-14(17)18)9-6-4-5-7-10-13(15)16/h8H,2-7,9-11H2,1H3,(H,15,16)(H,17,18). The molecule has 0 aliphatic heterocycles. The van der Waals surface area contributed by atoms with Gasteiger partial charge in [-0.25, -0.2) is 0 Å². The van der Waals surface area contributed by atoms with E-state index >= 15 is 0 Å². The van der Waals surface area contributed by atoms with Gasteiger partial charge in [0.15, 0.2) is 0 Å². The first-order chi connectivity index (χ1) is 8.56. The molecule has 0 amide bonds. The molecule has 0 heterocycles. The third-order valence-electron chi connectivity index (χ3n) is 2.74. The van der Waals surface area contributed by atoms with Crippen molar-refractivity contribution in [3.8, 4) is 0 Å². The summed E-state index contributed by atoms with van der Waals surface area (Å²) in [5.74, 6) is -1.52. The van der Waals surface area contributed by atoms with E-state index in [1.807, 2.05) is 6.08 Å². The topological polar surface area (TPSA) is 74.6 Å². The molecule has 0 rings (SSSR count). The molecule has 4 nitrogen and oxygen atoms in total. The predicted octanol–water partition coefficient (Wildman–Crippen LogP) is 3.61. The molecule has 0 spiro atoms. The molecule has 0 aliphatic rings. The van der Waals surface area contributed by atoms with Gasteiger partial charge in [0.05, 0.1) is 6.42 Å². The largest absolute Gasteiger partial charge is 0.481 e. The van der Waals surface area contributed by atoms with Gasteiger partial charge in [-0.3, -0.25) is 9.59 Å². The van der Waals surface area contributed by atoms with Gasteiger partial charge < -0.3 is 10.2 Å². The van der Waals surface area contributed by atoms with E-state index in [1.54, 1.807) is 0 Å². The normalized spacial score (nSPS) is 11.5. The van der Waals surface area contributed by atoms with E-state index in [1.165, 1.54) is 0 Å². The summed E-state index contributed by atoms with van der Waals surface area (Å²) in [7, 11) is 0. The number of unbranched alkanes of at least 4 members (excludes halogenated alkanes) is 4. The minimum Gasteiger partial charge on any atom is -0.481 e. The molecule has 0 fully saturated rings. The highest BCUT2D eigenvalue weighted by Crippen LogP contribution is 2.15. The Kier molecular flexibility index (Phi) is 10.0. The number of allylic oxidation sites excluding steroid dienone is 1. The number of aliphatic carboxylic acids is 2. The van der Waals surface area contributed by atoms with Crippen LogP contribution in [-0.2, 0) is 9.59 Å². The zero-order valence-electron chi connectivity index (χ0n) is 11.2. The molecule has 0 saturated carbocycles. The molecule has 0 atom stereocenters. The SMILES string of the molecule is CCCC=C(CCCCCCC(=O)O)CC(=O)O. The van der Waals surface area contributed by atoms with Gasteiger partial charge in [-0.2, -0.15) is 0 Å². The molecular formula is C14H24O4. The lowest BCUT2D eigenvalue weighted by molar-refractivity contribution is -0.137. The molecule has 18 heavy (non-hydrogen) atoms. The maximum Gasteiger partial charge on any atom is 0.307 e. The van der Waals surface area contributed by atoms with Gasteiger partial charge in [0.25, 0.3) is 0 Å². The molecule has 2 N–H and O–H groups in total. The average molecular weight is 256 g/mol. The van der Waals surface area contributed by atoms with Crippen molar-refractivity contribution in [1.82, 2.24) is 0 Å². The average Bonchev–Trinajstić information content (AvgIpc) is 2.29. The third-order valence-corrected chi connectivity index (χ3v) is 2.74. The molecule has 0 aromatic rings. The highest BCUT2D eigenvalue weighted by molar-refractivity contribution is 5.69. The number of hydrogen-bond acceptors (Lipinski definition) is 2. The van der Waals surface area contributed by atoms with E-state index in [9.17, 15) is 9.59 Å². The highest BCUT2D eigenvalue weighted by atomic mass is 16.4. The van der Waals surface area contributed by atoms with Crippen LogP contribution in [0.2, 0.25) is 0 Å². The maximum absolute atomic E-state index is 10.7. The van der Waals surface area contributed by atoms with E-state index in [2.05, 4.69) is 6.92 Å². The summed E-state index contributed by atoms with van der Waals surface area (Å²) in [5.41, 5.74) is 1.00. The Labute approximate surface area is 109 Å². The molecule has 0 saturated heterocycles. The van der Waals surface area contributed by atoms with E-state index in [0.29, 0.717) is 6.42 Å². The van der Waals surface area contributed by atoms with Gasteiger partial charge in [-0.05, 0) is 25.7 Å². The summed E-state index contributed by atoms with van der Waals surface area (Å²) in [4.78, 5) is 21.0. The van der Waals surface area contributed by atoms with E-state index in [-0.39, 0.29) is 12.8 Å². The first-order valence-electron chi connectivity index (χ1n) is 6.67. The smallest absolute Gasteiger partial charge is 0.307 e. The van der Waals surface area contributed by atoms with Crippen LogP contribution in [0, 0.1) is 0 Å². The molecule has 104 valence electrons. The quantitative estimate of drug-likeness (QED) is 0.437. The molecule has 0 radical (unpaired) electrons. The van der Waals surface area contributed by atoms with E-state index in [0.717, 1.165) is 44.1 Å². The monoisotopic (exact) mass is 256 g/mol. The van der Waals surface area contributed by atoms with Crippen LogP contribution < -0.4 is 0 Å². The van der Waals surface area contributed by atoms with Crippen LogP contribution in [-0.4, -0.2) is 22.2 Å². The summed E-state index contributed by atoms with van der Waals surface area (Å²) in [6.07, 6.45) is 8.71. The lowest BCUT2D eigenvalue weighted by atomic mass is 10.0. The second-order valence-corrected chi connectivity index (χ2v) is 4.53. The lowest BCUT2D eigenvalue weighted by Crippen LogP contribution is -1.98. The summed E-state index contributed by atoms with van der Waals surface area (Å²) >= 11 is 0. The minimum atomic E-state index is -0.775. The van der Waals surface area contributed by atoms with Crippen molar-refractivity contribution in [1.29, 1.82) is 0 Å². The summed E-state index contributed by atoms with van der Waals surface area (Å²) < 4.78 is 0. The van der Waals surface area contributed by atoms with Crippen LogP contribution in [0.1, 0.15) is 64.7 Å².